The molecule has 1 N–H and O–H groups in total. The number of rotatable bonds is 5. The van der Waals surface area contributed by atoms with Gasteiger partial charge in [0.15, 0.2) is 11.5 Å². The number of phenolic OH excluding ortho intramolecular Hbond substituents is 1. The molecule has 0 bridgehead atoms. The number of piperazine rings is 1. The average Bonchev–Trinajstić information content (AvgIpc) is 2.69. The third kappa shape index (κ3) is 3.88. The Morgan fingerprint density at radius 1 is 1.15 bits per heavy atom. The van der Waals surface area contributed by atoms with Gasteiger partial charge >= 0.3 is 0 Å². The molecular weight excluding hydrogens is 334 g/mol. The van der Waals surface area contributed by atoms with Crippen LogP contribution in [0, 0.1) is 0 Å². The van der Waals surface area contributed by atoms with Crippen LogP contribution in [-0.4, -0.2) is 66.2 Å². The van der Waals surface area contributed by atoms with Crippen LogP contribution in [0.1, 0.15) is 15.9 Å². The van der Waals surface area contributed by atoms with Gasteiger partial charge in [-0.15, -0.1) is 0 Å². The lowest BCUT2D eigenvalue weighted by atomic mass is 10.1. The summed E-state index contributed by atoms with van der Waals surface area (Å²) in [6, 6.07) is 7.18. The van der Waals surface area contributed by atoms with E-state index in [2.05, 4.69) is 9.88 Å². The number of nitrogens with zero attached hydrogens (tertiary/aromatic N) is 3. The Morgan fingerprint density at radius 2 is 1.81 bits per heavy atom. The number of ether oxygens (including phenoxy) is 2. The molecule has 7 nitrogen and oxygen atoms in total. The molecule has 1 aromatic heterocycles. The topological polar surface area (TPSA) is 75.1 Å². The molecule has 1 fully saturated rings. The van der Waals surface area contributed by atoms with E-state index in [0.29, 0.717) is 36.7 Å². The van der Waals surface area contributed by atoms with Gasteiger partial charge in [-0.3, -0.25) is 14.7 Å². The first-order valence-corrected chi connectivity index (χ1v) is 8.48. The van der Waals surface area contributed by atoms with Gasteiger partial charge in [-0.2, -0.15) is 0 Å². The van der Waals surface area contributed by atoms with Gasteiger partial charge in [0.1, 0.15) is 0 Å². The molecule has 0 spiro atoms. The van der Waals surface area contributed by atoms with Gasteiger partial charge in [0.2, 0.25) is 5.75 Å². The van der Waals surface area contributed by atoms with Crippen LogP contribution in [-0.2, 0) is 6.54 Å². The van der Waals surface area contributed by atoms with Crippen molar-refractivity contribution in [3.63, 3.8) is 0 Å². The van der Waals surface area contributed by atoms with Crippen LogP contribution in [0.3, 0.4) is 0 Å². The smallest absolute Gasteiger partial charge is 0.255 e. The molecule has 1 aliphatic rings. The fraction of sp³-hybridized carbons (Fsp3) is 0.368. The number of pyridine rings is 1. The summed E-state index contributed by atoms with van der Waals surface area (Å²) < 4.78 is 10.4. The monoisotopic (exact) mass is 357 g/mol. The lowest BCUT2D eigenvalue weighted by molar-refractivity contribution is 0.0628. The third-order valence-electron chi connectivity index (χ3n) is 4.51. The van der Waals surface area contributed by atoms with Crippen molar-refractivity contribution in [2.45, 2.75) is 6.54 Å². The minimum Gasteiger partial charge on any atom is -0.502 e. The fourth-order valence-corrected chi connectivity index (χ4v) is 3.08. The third-order valence-corrected chi connectivity index (χ3v) is 4.51. The van der Waals surface area contributed by atoms with Gasteiger partial charge in [-0.05, 0) is 29.8 Å². The molecule has 0 atom stereocenters. The summed E-state index contributed by atoms with van der Waals surface area (Å²) in [6.45, 7) is 3.58. The molecule has 1 aromatic carbocycles. The summed E-state index contributed by atoms with van der Waals surface area (Å²) in [5.41, 5.74) is 1.61. The quantitative estimate of drug-likeness (QED) is 0.879. The van der Waals surface area contributed by atoms with E-state index in [-0.39, 0.29) is 11.7 Å². The van der Waals surface area contributed by atoms with E-state index in [4.69, 9.17) is 9.47 Å². The SMILES string of the molecule is COc1cc(CN2CCN(C(=O)c3cccnc3)CC2)cc(OC)c1O. The Hall–Kier alpha value is -2.80. The van der Waals surface area contributed by atoms with Gasteiger partial charge in [0.25, 0.3) is 5.91 Å². The van der Waals surface area contributed by atoms with Crippen molar-refractivity contribution in [3.05, 3.63) is 47.8 Å². The molecule has 1 amide bonds. The van der Waals surface area contributed by atoms with Crippen LogP contribution >= 0.6 is 0 Å². The number of aromatic hydroxyl groups is 1. The second-order valence-electron chi connectivity index (χ2n) is 6.16. The molecule has 7 heteroatoms. The molecule has 1 aliphatic heterocycles. The molecule has 0 unspecified atom stereocenters. The van der Waals surface area contributed by atoms with Crippen LogP contribution < -0.4 is 9.47 Å². The number of aromatic nitrogens is 1. The van der Waals surface area contributed by atoms with Crippen LogP contribution in [0.25, 0.3) is 0 Å². The first-order valence-electron chi connectivity index (χ1n) is 8.48. The predicted octanol–water partition coefficient (Wildman–Crippen LogP) is 1.76. The van der Waals surface area contributed by atoms with Crippen molar-refractivity contribution in [1.82, 2.24) is 14.8 Å². The first kappa shape index (κ1) is 18.0. The number of amides is 1. The summed E-state index contributed by atoms with van der Waals surface area (Å²) in [7, 11) is 3.03. The van der Waals surface area contributed by atoms with Gasteiger partial charge in [-0.1, -0.05) is 0 Å². The second kappa shape index (κ2) is 8.05. The van der Waals surface area contributed by atoms with Gasteiger partial charge in [-0.25, -0.2) is 0 Å². The maximum absolute atomic E-state index is 12.5. The first-order chi connectivity index (χ1) is 12.6. The van der Waals surface area contributed by atoms with Crippen molar-refractivity contribution in [3.8, 4) is 17.2 Å². The van der Waals surface area contributed by atoms with Gasteiger partial charge < -0.3 is 19.5 Å². The molecular formula is C19H23N3O4. The van der Waals surface area contributed by atoms with E-state index in [9.17, 15) is 9.90 Å². The Morgan fingerprint density at radius 3 is 2.35 bits per heavy atom. The van der Waals surface area contributed by atoms with Gasteiger partial charge in [0, 0.05) is 45.1 Å². The maximum Gasteiger partial charge on any atom is 0.255 e. The van der Waals surface area contributed by atoms with Crippen molar-refractivity contribution in [2.75, 3.05) is 40.4 Å². The summed E-state index contributed by atoms with van der Waals surface area (Å²) in [5.74, 6) is 0.811. The molecule has 1 saturated heterocycles. The second-order valence-corrected chi connectivity index (χ2v) is 6.16. The molecule has 26 heavy (non-hydrogen) atoms. The van der Waals surface area contributed by atoms with E-state index in [0.717, 1.165) is 18.7 Å². The number of carbonyl (C=O) groups is 1. The van der Waals surface area contributed by atoms with Gasteiger partial charge in [0.05, 0.1) is 19.8 Å². The standard InChI is InChI=1S/C19H23N3O4/c1-25-16-10-14(11-17(26-2)18(16)23)13-21-6-8-22(9-7-21)19(24)15-4-3-5-20-12-15/h3-5,10-12,23H,6-9,13H2,1-2H3. The van der Waals surface area contributed by atoms with E-state index in [1.807, 2.05) is 17.0 Å². The minimum atomic E-state index is 0.00522. The number of methoxy groups -OCH3 is 2. The normalized spacial score (nSPS) is 14.9. The zero-order valence-corrected chi connectivity index (χ0v) is 15.0. The molecule has 2 heterocycles. The Bertz CT molecular complexity index is 734. The Kier molecular flexibility index (Phi) is 5.58. The molecule has 3 rings (SSSR count). The maximum atomic E-state index is 12.5. The number of carbonyl (C=O) groups excluding carboxylic acids is 1. The predicted molar refractivity (Wildman–Crippen MR) is 96.6 cm³/mol. The van der Waals surface area contributed by atoms with Crippen LogP contribution in [0.15, 0.2) is 36.7 Å². The molecule has 0 aliphatic carbocycles. The summed E-state index contributed by atoms with van der Waals surface area (Å²) >= 11 is 0. The van der Waals surface area contributed by atoms with Crippen LogP contribution in [0.2, 0.25) is 0 Å². The zero-order chi connectivity index (χ0) is 18.5. The van der Waals surface area contributed by atoms with E-state index in [1.165, 1.54) is 14.2 Å². The average molecular weight is 357 g/mol. The summed E-state index contributed by atoms with van der Waals surface area (Å²) in [4.78, 5) is 20.6. The zero-order valence-electron chi connectivity index (χ0n) is 15.0. The van der Waals surface area contributed by atoms with E-state index >= 15 is 0 Å². The number of benzene rings is 1. The van der Waals surface area contributed by atoms with Crippen molar-refractivity contribution >= 4 is 5.91 Å². The highest BCUT2D eigenvalue weighted by atomic mass is 16.5. The van der Waals surface area contributed by atoms with E-state index in [1.54, 1.807) is 24.5 Å². The highest BCUT2D eigenvalue weighted by molar-refractivity contribution is 5.93. The van der Waals surface area contributed by atoms with Crippen LogP contribution in [0.4, 0.5) is 0 Å². The molecule has 138 valence electrons. The number of phenols is 1. The lowest BCUT2D eigenvalue weighted by Gasteiger charge is -2.34. The molecule has 0 saturated carbocycles. The van der Waals surface area contributed by atoms with Crippen molar-refractivity contribution in [1.29, 1.82) is 0 Å². The minimum absolute atomic E-state index is 0.00522. The Labute approximate surface area is 152 Å². The summed E-state index contributed by atoms with van der Waals surface area (Å²) in [5, 5.41) is 10.0. The van der Waals surface area contributed by atoms with Crippen molar-refractivity contribution < 1.29 is 19.4 Å². The van der Waals surface area contributed by atoms with E-state index < -0.39 is 0 Å². The van der Waals surface area contributed by atoms with Crippen molar-refractivity contribution in [2.24, 2.45) is 0 Å². The molecule has 0 radical (unpaired) electrons. The lowest BCUT2D eigenvalue weighted by Crippen LogP contribution is -2.48. The Balaban J connectivity index is 1.62. The highest BCUT2D eigenvalue weighted by Gasteiger charge is 2.23. The fourth-order valence-electron chi connectivity index (χ4n) is 3.08. The molecule has 2 aromatic rings. The summed E-state index contributed by atoms with van der Waals surface area (Å²) in [6.07, 6.45) is 3.26. The number of hydrogen-bond acceptors (Lipinski definition) is 6. The number of hydrogen-bond donors (Lipinski definition) is 1. The largest absolute Gasteiger partial charge is 0.502 e. The van der Waals surface area contributed by atoms with Crippen LogP contribution in [0.5, 0.6) is 17.2 Å². The highest BCUT2D eigenvalue weighted by Crippen LogP contribution is 2.37.